The SMILES string of the molecule is CCNC(=O)n1sccc1=O. The van der Waals surface area contributed by atoms with Gasteiger partial charge in [-0.15, -0.1) is 0 Å². The zero-order chi connectivity index (χ0) is 8.27. The molecule has 1 heterocycles. The van der Waals surface area contributed by atoms with E-state index in [1.807, 2.05) is 0 Å². The maximum absolute atomic E-state index is 11.0. The van der Waals surface area contributed by atoms with E-state index in [0.717, 1.165) is 15.5 Å². The molecule has 1 aromatic heterocycles. The summed E-state index contributed by atoms with van der Waals surface area (Å²) in [6.07, 6.45) is 0. The fourth-order valence-corrected chi connectivity index (χ4v) is 1.26. The van der Waals surface area contributed by atoms with Crippen molar-refractivity contribution in [3.05, 3.63) is 21.8 Å². The highest BCUT2D eigenvalue weighted by molar-refractivity contribution is 7.05. The van der Waals surface area contributed by atoms with Crippen LogP contribution in [-0.2, 0) is 0 Å². The largest absolute Gasteiger partial charge is 0.338 e. The second kappa shape index (κ2) is 3.34. The van der Waals surface area contributed by atoms with Crippen molar-refractivity contribution in [3.63, 3.8) is 0 Å². The first-order chi connectivity index (χ1) is 5.25. The summed E-state index contributed by atoms with van der Waals surface area (Å²) in [5.74, 6) is 0. The van der Waals surface area contributed by atoms with Gasteiger partial charge in [0, 0.05) is 18.0 Å². The van der Waals surface area contributed by atoms with Gasteiger partial charge in [0.2, 0.25) is 0 Å². The van der Waals surface area contributed by atoms with Crippen LogP contribution >= 0.6 is 11.5 Å². The Morgan fingerprint density at radius 3 is 3.00 bits per heavy atom. The first kappa shape index (κ1) is 8.00. The maximum Gasteiger partial charge on any atom is 0.338 e. The summed E-state index contributed by atoms with van der Waals surface area (Å²) in [4.78, 5) is 21.8. The van der Waals surface area contributed by atoms with E-state index in [2.05, 4.69) is 5.32 Å². The van der Waals surface area contributed by atoms with Crippen LogP contribution in [-0.4, -0.2) is 16.5 Å². The van der Waals surface area contributed by atoms with E-state index >= 15 is 0 Å². The lowest BCUT2D eigenvalue weighted by atomic mass is 10.7. The number of nitrogens with zero attached hydrogens (tertiary/aromatic N) is 1. The number of rotatable bonds is 1. The van der Waals surface area contributed by atoms with E-state index in [9.17, 15) is 9.59 Å². The van der Waals surface area contributed by atoms with E-state index in [1.165, 1.54) is 6.07 Å². The maximum atomic E-state index is 11.0. The number of aromatic nitrogens is 1. The number of nitrogens with one attached hydrogen (secondary N) is 1. The molecule has 0 radical (unpaired) electrons. The highest BCUT2D eigenvalue weighted by atomic mass is 32.1. The van der Waals surface area contributed by atoms with Crippen LogP contribution in [0.5, 0.6) is 0 Å². The molecular weight excluding hydrogens is 164 g/mol. The van der Waals surface area contributed by atoms with Crippen molar-refractivity contribution in [1.82, 2.24) is 9.27 Å². The first-order valence-electron chi connectivity index (χ1n) is 3.21. The van der Waals surface area contributed by atoms with Gasteiger partial charge in [0.15, 0.2) is 0 Å². The summed E-state index contributed by atoms with van der Waals surface area (Å²) in [6.45, 7) is 2.33. The van der Waals surface area contributed by atoms with Crippen molar-refractivity contribution in [2.45, 2.75) is 6.92 Å². The zero-order valence-electron chi connectivity index (χ0n) is 6.03. The summed E-state index contributed by atoms with van der Waals surface area (Å²) in [7, 11) is 0. The van der Waals surface area contributed by atoms with Gasteiger partial charge in [-0.1, -0.05) is 11.5 Å². The molecule has 0 atom stereocenters. The van der Waals surface area contributed by atoms with E-state index in [1.54, 1.807) is 12.3 Å². The summed E-state index contributed by atoms with van der Waals surface area (Å²) >= 11 is 1.09. The number of hydrogen-bond acceptors (Lipinski definition) is 3. The van der Waals surface area contributed by atoms with Crippen LogP contribution in [0.4, 0.5) is 4.79 Å². The van der Waals surface area contributed by atoms with Crippen molar-refractivity contribution >= 4 is 17.6 Å². The van der Waals surface area contributed by atoms with Crippen molar-refractivity contribution in [2.75, 3.05) is 6.54 Å². The fourth-order valence-electron chi connectivity index (χ4n) is 0.640. The average molecular weight is 172 g/mol. The normalized spacial score (nSPS) is 9.55. The average Bonchev–Trinajstić information content (AvgIpc) is 2.36. The van der Waals surface area contributed by atoms with Crippen molar-refractivity contribution in [1.29, 1.82) is 0 Å². The minimum absolute atomic E-state index is 0.277. The molecule has 0 fully saturated rings. The summed E-state index contributed by atoms with van der Waals surface area (Å²) in [6, 6.07) is 1.01. The smallest absolute Gasteiger partial charge is 0.337 e. The first-order valence-corrected chi connectivity index (χ1v) is 4.04. The van der Waals surface area contributed by atoms with Gasteiger partial charge in [-0.25, -0.2) is 4.79 Å². The standard InChI is InChI=1S/C6H8N2O2S/c1-2-7-6(10)8-5(9)3-4-11-8/h3-4H,2H2,1H3,(H,7,10). The molecule has 0 saturated carbocycles. The molecular formula is C6H8N2O2S. The van der Waals surface area contributed by atoms with Crippen LogP contribution in [0.15, 0.2) is 16.2 Å². The molecule has 0 aliphatic rings. The minimum Gasteiger partial charge on any atom is -0.337 e. The molecule has 0 bridgehead atoms. The molecule has 1 amide bonds. The Morgan fingerprint density at radius 2 is 2.55 bits per heavy atom. The predicted molar refractivity (Wildman–Crippen MR) is 43.0 cm³/mol. The van der Waals surface area contributed by atoms with Crippen molar-refractivity contribution in [3.8, 4) is 0 Å². The van der Waals surface area contributed by atoms with Gasteiger partial charge in [0.1, 0.15) is 0 Å². The van der Waals surface area contributed by atoms with E-state index < -0.39 is 0 Å². The molecule has 11 heavy (non-hydrogen) atoms. The molecule has 0 unspecified atom stereocenters. The van der Waals surface area contributed by atoms with Gasteiger partial charge in [-0.3, -0.25) is 4.79 Å². The van der Waals surface area contributed by atoms with E-state index in [-0.39, 0.29) is 11.6 Å². The highest BCUT2D eigenvalue weighted by Gasteiger charge is 2.04. The summed E-state index contributed by atoms with van der Waals surface area (Å²) in [5, 5.41) is 4.10. The van der Waals surface area contributed by atoms with E-state index in [0.29, 0.717) is 6.54 Å². The quantitative estimate of drug-likeness (QED) is 0.670. The third kappa shape index (κ3) is 1.68. The molecule has 0 aliphatic carbocycles. The number of carbonyl (C=O) groups excluding carboxylic acids is 1. The Morgan fingerprint density at radius 1 is 1.82 bits per heavy atom. The Kier molecular flexibility index (Phi) is 2.43. The molecule has 1 aromatic rings. The topological polar surface area (TPSA) is 51.1 Å². The second-order valence-electron chi connectivity index (χ2n) is 1.88. The fraction of sp³-hybridized carbons (Fsp3) is 0.333. The lowest BCUT2D eigenvalue weighted by Crippen LogP contribution is -2.32. The van der Waals surface area contributed by atoms with Crippen LogP contribution in [0, 0.1) is 0 Å². The van der Waals surface area contributed by atoms with Gasteiger partial charge < -0.3 is 5.32 Å². The van der Waals surface area contributed by atoms with E-state index in [4.69, 9.17) is 0 Å². The van der Waals surface area contributed by atoms with Crippen LogP contribution in [0.3, 0.4) is 0 Å². The Labute approximate surface area is 67.6 Å². The summed E-state index contributed by atoms with van der Waals surface area (Å²) in [5.41, 5.74) is -0.277. The van der Waals surface area contributed by atoms with Crippen LogP contribution in [0.1, 0.15) is 6.92 Å². The van der Waals surface area contributed by atoms with Crippen LogP contribution < -0.4 is 10.9 Å². The van der Waals surface area contributed by atoms with Gasteiger partial charge in [-0.05, 0) is 6.92 Å². The molecule has 5 heteroatoms. The molecule has 60 valence electrons. The lowest BCUT2D eigenvalue weighted by molar-refractivity contribution is 0.244. The number of carbonyl (C=O) groups is 1. The monoisotopic (exact) mass is 172 g/mol. The molecule has 0 aliphatic heterocycles. The summed E-state index contributed by atoms with van der Waals surface area (Å²) < 4.78 is 1.07. The van der Waals surface area contributed by atoms with Crippen molar-refractivity contribution < 1.29 is 4.79 Å². The highest BCUT2D eigenvalue weighted by Crippen LogP contribution is 1.90. The Balaban J connectivity index is 2.85. The Bertz CT molecular complexity index is 302. The van der Waals surface area contributed by atoms with Gasteiger partial charge >= 0.3 is 6.03 Å². The zero-order valence-corrected chi connectivity index (χ0v) is 6.85. The molecule has 0 aromatic carbocycles. The third-order valence-corrected chi connectivity index (χ3v) is 1.90. The van der Waals surface area contributed by atoms with Crippen LogP contribution in [0.2, 0.25) is 0 Å². The Hall–Kier alpha value is -1.10. The number of amides is 1. The molecule has 0 saturated heterocycles. The minimum atomic E-state index is -0.354. The van der Waals surface area contributed by atoms with Gasteiger partial charge in [0.25, 0.3) is 5.56 Å². The van der Waals surface area contributed by atoms with Gasteiger partial charge in [-0.2, -0.15) is 3.96 Å². The van der Waals surface area contributed by atoms with Crippen molar-refractivity contribution in [2.24, 2.45) is 0 Å². The molecule has 4 nitrogen and oxygen atoms in total. The number of hydrogen-bond donors (Lipinski definition) is 1. The van der Waals surface area contributed by atoms with Gasteiger partial charge in [0.05, 0.1) is 0 Å². The molecule has 1 N–H and O–H groups in total. The molecule has 1 rings (SSSR count). The predicted octanol–water partition coefficient (Wildman–Crippen LogP) is 0.487. The lowest BCUT2D eigenvalue weighted by Gasteiger charge is -1.98. The van der Waals surface area contributed by atoms with Crippen LogP contribution in [0.25, 0.3) is 0 Å². The molecule has 0 spiro atoms. The second-order valence-corrected chi connectivity index (χ2v) is 2.72. The third-order valence-electron chi connectivity index (χ3n) is 1.09.